The highest BCUT2D eigenvalue weighted by Crippen LogP contribution is 2.14. The normalized spacial score (nSPS) is 21.6. The molecule has 1 amide bonds. The van der Waals surface area contributed by atoms with Gasteiger partial charge < -0.3 is 29.3 Å². The number of hydrogen-bond acceptors (Lipinski definition) is 6. The number of guanidine groups is 1. The van der Waals surface area contributed by atoms with Crippen molar-refractivity contribution in [2.75, 3.05) is 99.0 Å². The lowest BCUT2D eigenvalue weighted by molar-refractivity contribution is -0.136. The smallest absolute Gasteiger partial charge is 0.236 e. The fourth-order valence-corrected chi connectivity index (χ4v) is 4.09. The third kappa shape index (κ3) is 9.37. The summed E-state index contributed by atoms with van der Waals surface area (Å²) >= 11 is 0. The predicted octanol–water partition coefficient (Wildman–Crippen LogP) is 0.490. The summed E-state index contributed by atoms with van der Waals surface area (Å²) < 4.78 is 16.5. The van der Waals surface area contributed by atoms with Crippen LogP contribution in [-0.2, 0) is 19.0 Å². The van der Waals surface area contributed by atoms with Gasteiger partial charge in [0.1, 0.15) is 0 Å². The van der Waals surface area contributed by atoms with Crippen molar-refractivity contribution in [3.05, 3.63) is 0 Å². The van der Waals surface area contributed by atoms with E-state index < -0.39 is 0 Å². The molecule has 3 heterocycles. The SMILES string of the molecule is CN=C(NCCCOCC1CCOCC1)N1CCN(CC(=O)N2CCOCC2)CC1.I. The molecule has 0 bridgehead atoms. The van der Waals surface area contributed by atoms with Crippen LogP contribution in [0.1, 0.15) is 19.3 Å². The molecule has 3 aliphatic heterocycles. The number of aliphatic imine (C=N–C) groups is 1. The summed E-state index contributed by atoms with van der Waals surface area (Å²) in [5, 5.41) is 3.45. The van der Waals surface area contributed by atoms with E-state index in [2.05, 4.69) is 20.1 Å². The molecule has 3 rings (SSSR count). The molecule has 0 saturated carbocycles. The zero-order valence-electron chi connectivity index (χ0n) is 18.9. The molecular formula is C21H40IN5O4. The Morgan fingerprint density at radius 1 is 1.00 bits per heavy atom. The van der Waals surface area contributed by atoms with E-state index in [9.17, 15) is 4.79 Å². The van der Waals surface area contributed by atoms with Gasteiger partial charge in [-0.1, -0.05) is 0 Å². The monoisotopic (exact) mass is 553 g/mol. The second-order valence-electron chi connectivity index (χ2n) is 8.21. The van der Waals surface area contributed by atoms with E-state index >= 15 is 0 Å². The van der Waals surface area contributed by atoms with Crippen LogP contribution in [0.25, 0.3) is 0 Å². The summed E-state index contributed by atoms with van der Waals surface area (Å²) in [6.07, 6.45) is 3.21. The van der Waals surface area contributed by atoms with Crippen LogP contribution in [0, 0.1) is 5.92 Å². The number of hydrogen-bond donors (Lipinski definition) is 1. The number of nitrogens with one attached hydrogen (secondary N) is 1. The van der Waals surface area contributed by atoms with Gasteiger partial charge in [0, 0.05) is 79.3 Å². The quantitative estimate of drug-likeness (QED) is 0.203. The van der Waals surface area contributed by atoms with E-state index in [0.29, 0.717) is 38.8 Å². The molecule has 180 valence electrons. The minimum absolute atomic E-state index is 0. The first-order valence-electron chi connectivity index (χ1n) is 11.4. The molecule has 0 unspecified atom stereocenters. The summed E-state index contributed by atoms with van der Waals surface area (Å²) in [5.74, 6) is 1.82. The summed E-state index contributed by atoms with van der Waals surface area (Å²) in [5.41, 5.74) is 0. The number of rotatable bonds is 8. The molecule has 0 radical (unpaired) electrons. The number of ether oxygens (including phenoxy) is 3. The van der Waals surface area contributed by atoms with E-state index in [1.807, 2.05) is 11.9 Å². The minimum atomic E-state index is 0. The van der Waals surface area contributed by atoms with Gasteiger partial charge in [-0.2, -0.15) is 0 Å². The number of piperazine rings is 1. The lowest BCUT2D eigenvalue weighted by atomic mass is 10.0. The van der Waals surface area contributed by atoms with Crippen molar-refractivity contribution in [2.24, 2.45) is 10.9 Å². The third-order valence-corrected chi connectivity index (χ3v) is 6.05. The lowest BCUT2D eigenvalue weighted by Gasteiger charge is -2.37. The Bertz CT molecular complexity index is 534. The molecule has 31 heavy (non-hydrogen) atoms. The highest BCUT2D eigenvalue weighted by Gasteiger charge is 2.24. The van der Waals surface area contributed by atoms with Gasteiger partial charge in [-0.25, -0.2) is 0 Å². The topological polar surface area (TPSA) is 78.9 Å². The van der Waals surface area contributed by atoms with E-state index in [1.165, 1.54) is 0 Å². The van der Waals surface area contributed by atoms with Crippen molar-refractivity contribution < 1.29 is 19.0 Å². The fourth-order valence-electron chi connectivity index (χ4n) is 4.09. The average molecular weight is 553 g/mol. The molecule has 0 aromatic heterocycles. The molecule has 3 aliphatic rings. The Morgan fingerprint density at radius 3 is 2.35 bits per heavy atom. The highest BCUT2D eigenvalue weighted by atomic mass is 127. The Labute approximate surface area is 203 Å². The molecule has 3 fully saturated rings. The van der Waals surface area contributed by atoms with E-state index in [1.54, 1.807) is 0 Å². The van der Waals surface area contributed by atoms with Crippen LogP contribution in [0.3, 0.4) is 0 Å². The molecule has 0 aliphatic carbocycles. The van der Waals surface area contributed by atoms with Crippen molar-refractivity contribution >= 4 is 35.8 Å². The summed E-state index contributed by atoms with van der Waals surface area (Å²) in [7, 11) is 1.83. The summed E-state index contributed by atoms with van der Waals surface area (Å²) in [4.78, 5) is 23.3. The molecule has 0 aromatic rings. The van der Waals surface area contributed by atoms with Crippen molar-refractivity contribution in [2.45, 2.75) is 19.3 Å². The van der Waals surface area contributed by atoms with Crippen LogP contribution in [0.5, 0.6) is 0 Å². The second-order valence-corrected chi connectivity index (χ2v) is 8.21. The summed E-state index contributed by atoms with van der Waals surface area (Å²) in [6.45, 7) is 11.0. The second kappa shape index (κ2) is 15.2. The van der Waals surface area contributed by atoms with Gasteiger partial charge in [0.15, 0.2) is 5.96 Å². The minimum Gasteiger partial charge on any atom is -0.381 e. The Morgan fingerprint density at radius 2 is 1.68 bits per heavy atom. The first kappa shape index (κ1) is 26.6. The Balaban J connectivity index is 0.00000341. The van der Waals surface area contributed by atoms with E-state index in [-0.39, 0.29) is 29.9 Å². The molecule has 0 spiro atoms. The first-order chi connectivity index (χ1) is 14.8. The van der Waals surface area contributed by atoms with Gasteiger partial charge in [0.05, 0.1) is 19.8 Å². The van der Waals surface area contributed by atoms with Crippen LogP contribution in [-0.4, -0.2) is 126 Å². The zero-order chi connectivity index (χ0) is 21.0. The molecule has 10 heteroatoms. The van der Waals surface area contributed by atoms with E-state index in [0.717, 1.165) is 84.4 Å². The summed E-state index contributed by atoms with van der Waals surface area (Å²) in [6, 6.07) is 0. The van der Waals surface area contributed by atoms with Gasteiger partial charge in [-0.15, -0.1) is 24.0 Å². The number of carbonyl (C=O) groups excluding carboxylic acids is 1. The van der Waals surface area contributed by atoms with Gasteiger partial charge >= 0.3 is 0 Å². The number of morpholine rings is 1. The van der Waals surface area contributed by atoms with Gasteiger partial charge in [0.2, 0.25) is 5.91 Å². The maximum Gasteiger partial charge on any atom is 0.236 e. The van der Waals surface area contributed by atoms with Crippen LogP contribution in [0.4, 0.5) is 0 Å². The number of carbonyl (C=O) groups is 1. The highest BCUT2D eigenvalue weighted by molar-refractivity contribution is 14.0. The van der Waals surface area contributed by atoms with E-state index in [4.69, 9.17) is 14.2 Å². The van der Waals surface area contributed by atoms with Crippen molar-refractivity contribution in [1.82, 2.24) is 20.0 Å². The van der Waals surface area contributed by atoms with Gasteiger partial charge in [-0.3, -0.25) is 14.7 Å². The Hall–Kier alpha value is -0.690. The number of nitrogens with zero attached hydrogens (tertiary/aromatic N) is 4. The van der Waals surface area contributed by atoms with Crippen molar-refractivity contribution in [1.29, 1.82) is 0 Å². The third-order valence-electron chi connectivity index (χ3n) is 6.05. The zero-order valence-corrected chi connectivity index (χ0v) is 21.3. The number of amides is 1. The van der Waals surface area contributed by atoms with Crippen LogP contribution < -0.4 is 5.32 Å². The van der Waals surface area contributed by atoms with Gasteiger partial charge in [-0.05, 0) is 25.2 Å². The predicted molar refractivity (Wildman–Crippen MR) is 131 cm³/mol. The average Bonchev–Trinajstić information content (AvgIpc) is 2.80. The molecule has 0 aromatic carbocycles. The molecular weight excluding hydrogens is 513 g/mol. The molecule has 3 saturated heterocycles. The Kier molecular flexibility index (Phi) is 13.0. The fraction of sp³-hybridized carbons (Fsp3) is 0.905. The van der Waals surface area contributed by atoms with Gasteiger partial charge in [0.25, 0.3) is 0 Å². The van der Waals surface area contributed by atoms with Crippen LogP contribution >= 0.6 is 24.0 Å². The van der Waals surface area contributed by atoms with Crippen molar-refractivity contribution in [3.8, 4) is 0 Å². The first-order valence-corrected chi connectivity index (χ1v) is 11.4. The van der Waals surface area contributed by atoms with Crippen molar-refractivity contribution in [3.63, 3.8) is 0 Å². The van der Waals surface area contributed by atoms with Crippen LogP contribution in [0.15, 0.2) is 4.99 Å². The molecule has 0 atom stereocenters. The maximum atomic E-state index is 12.4. The largest absolute Gasteiger partial charge is 0.381 e. The lowest BCUT2D eigenvalue weighted by Crippen LogP contribution is -2.55. The van der Waals surface area contributed by atoms with Crippen LogP contribution in [0.2, 0.25) is 0 Å². The number of halogens is 1. The standard InChI is InChI=1S/C21H39N5O4.HI/c1-22-21(23-5-2-12-30-18-19-3-13-28-14-4-19)26-8-6-24(7-9-26)17-20(27)25-10-15-29-16-11-25;/h19H,2-18H2,1H3,(H,22,23);1H. The molecule has 1 N–H and O–H groups in total. The molecule has 9 nitrogen and oxygen atoms in total. The maximum absolute atomic E-state index is 12.4.